The number of benzene rings is 2. The zero-order valence-electron chi connectivity index (χ0n) is 16.6. The highest BCUT2D eigenvalue weighted by molar-refractivity contribution is 5.91. The molecule has 0 radical (unpaired) electrons. The lowest BCUT2D eigenvalue weighted by atomic mass is 9.97. The van der Waals surface area contributed by atoms with Crippen molar-refractivity contribution in [1.29, 1.82) is 0 Å². The molecule has 7 nitrogen and oxygen atoms in total. The van der Waals surface area contributed by atoms with Gasteiger partial charge < -0.3 is 20.5 Å². The standard InChI is InChI=1S/C22H26N2O5/c1-15(2)12-19(16-6-4-3-5-7-16)24-21(26)14-29-22(27)17-8-10-18(11-9-17)28-13-20(23)25/h3-11,15,19H,12-14H2,1-2H3,(H2,23,25)(H,24,26)/t19-/m0/s1. The predicted molar refractivity (Wildman–Crippen MR) is 108 cm³/mol. The fourth-order valence-corrected chi connectivity index (χ4v) is 2.73. The van der Waals surface area contributed by atoms with Crippen LogP contribution in [0.25, 0.3) is 0 Å². The minimum absolute atomic E-state index is 0.149. The summed E-state index contributed by atoms with van der Waals surface area (Å²) in [4.78, 5) is 35.1. The third-order valence-electron chi connectivity index (χ3n) is 4.05. The summed E-state index contributed by atoms with van der Waals surface area (Å²) in [5, 5.41) is 2.93. The molecular formula is C22H26N2O5. The summed E-state index contributed by atoms with van der Waals surface area (Å²) in [6, 6.07) is 15.6. The average Bonchev–Trinajstić information content (AvgIpc) is 2.70. The number of hydrogen-bond acceptors (Lipinski definition) is 5. The van der Waals surface area contributed by atoms with Gasteiger partial charge in [0.05, 0.1) is 11.6 Å². The van der Waals surface area contributed by atoms with Gasteiger partial charge in [0.2, 0.25) is 0 Å². The number of esters is 1. The van der Waals surface area contributed by atoms with Crippen LogP contribution in [0.3, 0.4) is 0 Å². The Labute approximate surface area is 170 Å². The highest BCUT2D eigenvalue weighted by Gasteiger charge is 2.17. The number of nitrogens with two attached hydrogens (primary N) is 1. The average molecular weight is 398 g/mol. The zero-order valence-corrected chi connectivity index (χ0v) is 16.6. The van der Waals surface area contributed by atoms with Crippen LogP contribution >= 0.6 is 0 Å². The molecule has 2 rings (SSSR count). The molecule has 2 amide bonds. The Kier molecular flexibility index (Phi) is 8.21. The highest BCUT2D eigenvalue weighted by atomic mass is 16.5. The van der Waals surface area contributed by atoms with E-state index in [1.165, 1.54) is 24.3 Å². The molecule has 0 aliphatic heterocycles. The normalized spacial score (nSPS) is 11.6. The third-order valence-corrected chi connectivity index (χ3v) is 4.05. The van der Waals surface area contributed by atoms with Crippen molar-refractivity contribution < 1.29 is 23.9 Å². The molecule has 0 bridgehead atoms. The Balaban J connectivity index is 1.88. The predicted octanol–water partition coefficient (Wildman–Crippen LogP) is 2.61. The Morgan fingerprint density at radius 2 is 1.62 bits per heavy atom. The number of nitrogens with one attached hydrogen (secondary N) is 1. The van der Waals surface area contributed by atoms with Crippen LogP contribution in [0.5, 0.6) is 5.75 Å². The summed E-state index contributed by atoms with van der Waals surface area (Å²) < 4.78 is 10.2. The second-order valence-corrected chi connectivity index (χ2v) is 7.02. The monoisotopic (exact) mass is 398 g/mol. The molecule has 7 heteroatoms. The summed E-state index contributed by atoms with van der Waals surface area (Å²) in [5.41, 5.74) is 6.28. The molecule has 2 aromatic rings. The van der Waals surface area contributed by atoms with Crippen LogP contribution in [-0.2, 0) is 14.3 Å². The van der Waals surface area contributed by atoms with E-state index in [0.29, 0.717) is 11.7 Å². The van der Waals surface area contributed by atoms with Crippen molar-refractivity contribution >= 4 is 17.8 Å². The minimum Gasteiger partial charge on any atom is -0.484 e. The van der Waals surface area contributed by atoms with Crippen LogP contribution in [0.2, 0.25) is 0 Å². The molecule has 0 aromatic heterocycles. The van der Waals surface area contributed by atoms with Crippen LogP contribution in [-0.4, -0.2) is 31.0 Å². The first kappa shape index (κ1) is 21.9. The zero-order chi connectivity index (χ0) is 21.2. The molecule has 0 unspecified atom stereocenters. The molecule has 0 aliphatic carbocycles. The van der Waals surface area contributed by atoms with Gasteiger partial charge in [-0.05, 0) is 42.2 Å². The van der Waals surface area contributed by atoms with Gasteiger partial charge in [0.1, 0.15) is 5.75 Å². The lowest BCUT2D eigenvalue weighted by molar-refractivity contribution is -0.125. The molecule has 154 valence electrons. The molecular weight excluding hydrogens is 372 g/mol. The van der Waals surface area contributed by atoms with E-state index in [1.807, 2.05) is 30.3 Å². The molecule has 3 N–H and O–H groups in total. The number of ether oxygens (including phenoxy) is 2. The maximum absolute atomic E-state index is 12.3. The van der Waals surface area contributed by atoms with Crippen LogP contribution in [0.4, 0.5) is 0 Å². The Bertz CT molecular complexity index is 819. The van der Waals surface area contributed by atoms with Gasteiger partial charge in [0.15, 0.2) is 13.2 Å². The second kappa shape index (κ2) is 10.8. The van der Waals surface area contributed by atoms with Crippen molar-refractivity contribution in [2.24, 2.45) is 11.7 Å². The molecule has 0 spiro atoms. The Hall–Kier alpha value is -3.35. The lowest BCUT2D eigenvalue weighted by Gasteiger charge is -2.21. The number of primary amides is 1. The van der Waals surface area contributed by atoms with Gasteiger partial charge in [-0.2, -0.15) is 0 Å². The first-order valence-electron chi connectivity index (χ1n) is 9.37. The maximum Gasteiger partial charge on any atom is 0.338 e. The van der Waals surface area contributed by atoms with Gasteiger partial charge in [-0.15, -0.1) is 0 Å². The van der Waals surface area contributed by atoms with Crippen LogP contribution in [0.15, 0.2) is 54.6 Å². The van der Waals surface area contributed by atoms with Gasteiger partial charge >= 0.3 is 5.97 Å². The second-order valence-electron chi connectivity index (χ2n) is 7.02. The smallest absolute Gasteiger partial charge is 0.338 e. The SMILES string of the molecule is CC(C)C[C@H](NC(=O)COC(=O)c1ccc(OCC(N)=O)cc1)c1ccccc1. The van der Waals surface area contributed by atoms with E-state index in [0.717, 1.165) is 12.0 Å². The summed E-state index contributed by atoms with van der Waals surface area (Å²) in [6.45, 7) is 3.54. The Morgan fingerprint density at radius 3 is 2.21 bits per heavy atom. The number of carbonyl (C=O) groups excluding carboxylic acids is 3. The van der Waals surface area contributed by atoms with E-state index < -0.39 is 11.9 Å². The van der Waals surface area contributed by atoms with Crippen molar-refractivity contribution in [2.45, 2.75) is 26.3 Å². The molecule has 0 fully saturated rings. The third kappa shape index (κ3) is 7.65. The summed E-state index contributed by atoms with van der Waals surface area (Å²) in [7, 11) is 0. The fourth-order valence-electron chi connectivity index (χ4n) is 2.73. The Morgan fingerprint density at radius 1 is 0.966 bits per heavy atom. The maximum atomic E-state index is 12.3. The van der Waals surface area contributed by atoms with Gasteiger partial charge in [-0.25, -0.2) is 4.79 Å². The molecule has 0 saturated heterocycles. The van der Waals surface area contributed by atoms with Crippen molar-refractivity contribution in [3.63, 3.8) is 0 Å². The number of rotatable bonds is 10. The van der Waals surface area contributed by atoms with Crippen LogP contribution in [0.1, 0.15) is 42.2 Å². The van der Waals surface area contributed by atoms with E-state index in [4.69, 9.17) is 15.2 Å². The summed E-state index contributed by atoms with van der Waals surface area (Å²) in [6.07, 6.45) is 0.774. The molecule has 0 aliphatic rings. The highest BCUT2D eigenvalue weighted by Crippen LogP contribution is 2.21. The quantitative estimate of drug-likeness (QED) is 0.598. The van der Waals surface area contributed by atoms with E-state index in [2.05, 4.69) is 19.2 Å². The van der Waals surface area contributed by atoms with Gasteiger partial charge in [-0.1, -0.05) is 44.2 Å². The van der Waals surface area contributed by atoms with Crippen molar-refractivity contribution in [1.82, 2.24) is 5.32 Å². The topological polar surface area (TPSA) is 108 Å². The number of amides is 2. The lowest BCUT2D eigenvalue weighted by Crippen LogP contribution is -2.33. The van der Waals surface area contributed by atoms with E-state index in [9.17, 15) is 14.4 Å². The largest absolute Gasteiger partial charge is 0.484 e. The van der Waals surface area contributed by atoms with Crippen LogP contribution < -0.4 is 15.8 Å². The molecule has 0 heterocycles. The van der Waals surface area contributed by atoms with E-state index >= 15 is 0 Å². The van der Waals surface area contributed by atoms with Gasteiger partial charge in [0.25, 0.3) is 11.8 Å². The summed E-state index contributed by atoms with van der Waals surface area (Å²) >= 11 is 0. The van der Waals surface area contributed by atoms with Gasteiger partial charge in [0, 0.05) is 0 Å². The van der Waals surface area contributed by atoms with Crippen LogP contribution in [0, 0.1) is 5.92 Å². The van der Waals surface area contributed by atoms with Crippen molar-refractivity contribution in [3.05, 3.63) is 65.7 Å². The fraction of sp³-hybridized carbons (Fsp3) is 0.318. The molecule has 2 aromatic carbocycles. The van der Waals surface area contributed by atoms with Crippen molar-refractivity contribution in [2.75, 3.05) is 13.2 Å². The first-order chi connectivity index (χ1) is 13.8. The minimum atomic E-state index is -0.623. The van der Waals surface area contributed by atoms with E-state index in [1.54, 1.807) is 0 Å². The molecule has 0 saturated carbocycles. The number of hydrogen-bond donors (Lipinski definition) is 2. The molecule has 29 heavy (non-hydrogen) atoms. The first-order valence-corrected chi connectivity index (χ1v) is 9.37. The van der Waals surface area contributed by atoms with Crippen molar-refractivity contribution in [3.8, 4) is 5.75 Å². The van der Waals surface area contributed by atoms with Gasteiger partial charge in [-0.3, -0.25) is 9.59 Å². The number of carbonyl (C=O) groups is 3. The van der Waals surface area contributed by atoms with E-state index in [-0.39, 0.29) is 30.7 Å². The summed E-state index contributed by atoms with van der Waals surface area (Å²) in [5.74, 6) is -0.794. The molecule has 1 atom stereocenters.